The third-order valence-electron chi connectivity index (χ3n) is 2.57. The van der Waals surface area contributed by atoms with E-state index in [2.05, 4.69) is 21.2 Å². The molecule has 1 aromatic rings. The molecule has 1 saturated heterocycles. The fourth-order valence-corrected chi connectivity index (χ4v) is 2.09. The number of halogens is 2. The number of ether oxygens (including phenoxy) is 2. The molecule has 2 rings (SSSR count). The molecular formula is C12H15BrFNO2. The molecule has 0 bridgehead atoms. The molecule has 1 aliphatic rings. The van der Waals surface area contributed by atoms with E-state index >= 15 is 0 Å². The third-order valence-corrected chi connectivity index (χ3v) is 3.07. The van der Waals surface area contributed by atoms with E-state index in [1.54, 1.807) is 12.1 Å². The first-order valence-corrected chi connectivity index (χ1v) is 6.39. The number of hydrogen-bond donors (Lipinski definition) is 1. The van der Waals surface area contributed by atoms with Crippen molar-refractivity contribution in [1.82, 2.24) is 5.32 Å². The predicted molar refractivity (Wildman–Crippen MR) is 66.4 cm³/mol. The summed E-state index contributed by atoms with van der Waals surface area (Å²) in [6.07, 6.45) is 0.0685. The van der Waals surface area contributed by atoms with Crippen LogP contribution in [0, 0.1) is 5.82 Å². The molecule has 0 aliphatic carbocycles. The predicted octanol–water partition coefficient (Wildman–Crippen LogP) is 2.09. The standard InChI is InChI=1S/C12H15BrFNO2/c13-10-1-2-12(14)9(5-10)7-16-8-11-6-15-3-4-17-11/h1-2,5,11,15H,3-4,6-8H2. The van der Waals surface area contributed by atoms with Gasteiger partial charge in [0.05, 0.1) is 25.9 Å². The van der Waals surface area contributed by atoms with E-state index in [0.29, 0.717) is 18.8 Å². The number of morpholine rings is 1. The van der Waals surface area contributed by atoms with Gasteiger partial charge >= 0.3 is 0 Å². The zero-order valence-corrected chi connectivity index (χ0v) is 11.0. The van der Waals surface area contributed by atoms with Crippen LogP contribution in [0.2, 0.25) is 0 Å². The molecule has 0 aromatic heterocycles. The summed E-state index contributed by atoms with van der Waals surface area (Å²) in [5, 5.41) is 3.22. The maximum absolute atomic E-state index is 13.4. The van der Waals surface area contributed by atoms with Crippen LogP contribution in [0.15, 0.2) is 22.7 Å². The minimum absolute atomic E-state index is 0.0685. The van der Waals surface area contributed by atoms with E-state index in [1.807, 2.05) is 0 Å². The van der Waals surface area contributed by atoms with E-state index in [9.17, 15) is 4.39 Å². The van der Waals surface area contributed by atoms with Crippen molar-refractivity contribution in [2.75, 3.05) is 26.3 Å². The lowest BCUT2D eigenvalue weighted by atomic mass is 10.2. The fourth-order valence-electron chi connectivity index (χ4n) is 1.68. The summed E-state index contributed by atoms with van der Waals surface area (Å²) in [7, 11) is 0. The van der Waals surface area contributed by atoms with Crippen LogP contribution in [0.4, 0.5) is 4.39 Å². The largest absolute Gasteiger partial charge is 0.374 e. The quantitative estimate of drug-likeness (QED) is 0.924. The van der Waals surface area contributed by atoms with Gasteiger partial charge in [0.2, 0.25) is 0 Å². The first kappa shape index (κ1) is 13.0. The molecule has 1 atom stereocenters. The van der Waals surface area contributed by atoms with Gasteiger partial charge in [0.15, 0.2) is 0 Å². The van der Waals surface area contributed by atoms with Crippen LogP contribution >= 0.6 is 15.9 Å². The molecule has 1 unspecified atom stereocenters. The normalized spacial score (nSPS) is 20.5. The number of rotatable bonds is 4. The van der Waals surface area contributed by atoms with Crippen molar-refractivity contribution in [3.05, 3.63) is 34.1 Å². The van der Waals surface area contributed by atoms with Gasteiger partial charge in [0.25, 0.3) is 0 Å². The maximum Gasteiger partial charge on any atom is 0.128 e. The second kappa shape index (κ2) is 6.44. The van der Waals surface area contributed by atoms with Crippen LogP contribution in [-0.2, 0) is 16.1 Å². The Hall–Kier alpha value is -0.490. The van der Waals surface area contributed by atoms with Crippen molar-refractivity contribution in [3.8, 4) is 0 Å². The molecule has 3 nitrogen and oxygen atoms in total. The van der Waals surface area contributed by atoms with Gasteiger partial charge in [-0.25, -0.2) is 4.39 Å². The van der Waals surface area contributed by atoms with Crippen molar-refractivity contribution in [1.29, 1.82) is 0 Å². The van der Waals surface area contributed by atoms with E-state index < -0.39 is 0 Å². The molecule has 5 heteroatoms. The van der Waals surface area contributed by atoms with Crippen LogP contribution < -0.4 is 5.32 Å². The summed E-state index contributed by atoms with van der Waals surface area (Å²) in [4.78, 5) is 0. The van der Waals surface area contributed by atoms with Crippen LogP contribution in [0.25, 0.3) is 0 Å². The van der Waals surface area contributed by atoms with Crippen molar-refractivity contribution in [2.45, 2.75) is 12.7 Å². The Balaban J connectivity index is 1.79. The monoisotopic (exact) mass is 303 g/mol. The summed E-state index contributed by atoms with van der Waals surface area (Å²) in [5.41, 5.74) is 0.558. The average Bonchev–Trinajstić information content (AvgIpc) is 2.35. The van der Waals surface area contributed by atoms with Crippen molar-refractivity contribution < 1.29 is 13.9 Å². The highest BCUT2D eigenvalue weighted by molar-refractivity contribution is 9.10. The highest BCUT2D eigenvalue weighted by atomic mass is 79.9. The minimum Gasteiger partial charge on any atom is -0.374 e. The summed E-state index contributed by atoms with van der Waals surface area (Å²) < 4.78 is 25.2. The van der Waals surface area contributed by atoms with Gasteiger partial charge < -0.3 is 14.8 Å². The third kappa shape index (κ3) is 4.03. The van der Waals surface area contributed by atoms with E-state index in [4.69, 9.17) is 9.47 Å². The van der Waals surface area contributed by atoms with Crippen LogP contribution in [0.1, 0.15) is 5.56 Å². The molecule has 17 heavy (non-hydrogen) atoms. The molecule has 1 heterocycles. The van der Waals surface area contributed by atoms with E-state index in [0.717, 1.165) is 17.6 Å². The molecule has 94 valence electrons. The SMILES string of the molecule is Fc1ccc(Br)cc1COCC1CNCCO1. The first-order chi connectivity index (χ1) is 8.25. The smallest absolute Gasteiger partial charge is 0.128 e. The molecule has 0 spiro atoms. The van der Waals surface area contributed by atoms with Gasteiger partial charge in [0, 0.05) is 23.1 Å². The van der Waals surface area contributed by atoms with Crippen molar-refractivity contribution >= 4 is 15.9 Å². The molecule has 0 saturated carbocycles. The lowest BCUT2D eigenvalue weighted by Gasteiger charge is -2.23. The van der Waals surface area contributed by atoms with Crippen LogP contribution in [-0.4, -0.2) is 32.4 Å². The number of nitrogens with one attached hydrogen (secondary N) is 1. The van der Waals surface area contributed by atoms with Gasteiger partial charge in [0.1, 0.15) is 5.82 Å². The first-order valence-electron chi connectivity index (χ1n) is 5.59. The molecule has 0 amide bonds. The summed E-state index contributed by atoms with van der Waals surface area (Å²) in [6.45, 7) is 3.14. The molecule has 1 N–H and O–H groups in total. The Labute approximate surface area is 108 Å². The Morgan fingerprint density at radius 1 is 1.53 bits per heavy atom. The van der Waals surface area contributed by atoms with E-state index in [-0.39, 0.29) is 18.5 Å². The van der Waals surface area contributed by atoms with Crippen molar-refractivity contribution in [3.63, 3.8) is 0 Å². The highest BCUT2D eigenvalue weighted by Gasteiger charge is 2.13. The summed E-state index contributed by atoms with van der Waals surface area (Å²) in [6, 6.07) is 4.84. The zero-order valence-electron chi connectivity index (χ0n) is 9.42. The lowest BCUT2D eigenvalue weighted by Crippen LogP contribution is -2.40. The fraction of sp³-hybridized carbons (Fsp3) is 0.500. The highest BCUT2D eigenvalue weighted by Crippen LogP contribution is 2.16. The maximum atomic E-state index is 13.4. The second-order valence-corrected chi connectivity index (χ2v) is 4.86. The molecular weight excluding hydrogens is 289 g/mol. The van der Waals surface area contributed by atoms with Gasteiger partial charge in [-0.3, -0.25) is 0 Å². The Morgan fingerprint density at radius 2 is 2.41 bits per heavy atom. The Morgan fingerprint density at radius 3 is 3.18 bits per heavy atom. The summed E-state index contributed by atoms with van der Waals surface area (Å²) >= 11 is 3.31. The van der Waals surface area contributed by atoms with Gasteiger partial charge in [-0.2, -0.15) is 0 Å². The topological polar surface area (TPSA) is 30.5 Å². The van der Waals surface area contributed by atoms with E-state index in [1.165, 1.54) is 6.07 Å². The lowest BCUT2D eigenvalue weighted by molar-refractivity contribution is -0.0361. The molecule has 1 fully saturated rings. The molecule has 0 radical (unpaired) electrons. The van der Waals surface area contributed by atoms with Gasteiger partial charge in [-0.1, -0.05) is 15.9 Å². The Kier molecular flexibility index (Phi) is 4.91. The van der Waals surface area contributed by atoms with Gasteiger partial charge in [-0.15, -0.1) is 0 Å². The van der Waals surface area contributed by atoms with Gasteiger partial charge in [-0.05, 0) is 18.2 Å². The number of hydrogen-bond acceptors (Lipinski definition) is 3. The van der Waals surface area contributed by atoms with Crippen LogP contribution in [0.5, 0.6) is 0 Å². The average molecular weight is 304 g/mol. The van der Waals surface area contributed by atoms with Crippen LogP contribution in [0.3, 0.4) is 0 Å². The van der Waals surface area contributed by atoms with Crippen molar-refractivity contribution in [2.24, 2.45) is 0 Å². The molecule has 1 aromatic carbocycles. The zero-order chi connectivity index (χ0) is 12.1. The number of benzene rings is 1. The second-order valence-electron chi connectivity index (χ2n) is 3.95. The Bertz CT molecular complexity index is 370. The summed E-state index contributed by atoms with van der Waals surface area (Å²) in [5.74, 6) is -0.240. The minimum atomic E-state index is -0.240. The molecule has 1 aliphatic heterocycles.